The number of fused-ring (bicyclic) bond motifs is 2. The molecule has 3 aromatic carbocycles. The van der Waals surface area contributed by atoms with Crippen LogP contribution in [0.15, 0.2) is 87.7 Å². The van der Waals surface area contributed by atoms with Crippen molar-refractivity contribution in [1.82, 2.24) is 0 Å². The first kappa shape index (κ1) is 17.9. The second kappa shape index (κ2) is 7.04. The maximum atomic E-state index is 12.8. The zero-order chi connectivity index (χ0) is 20.7. The molecular formula is C25H17NO4. The normalized spacial score (nSPS) is 11.1. The summed E-state index contributed by atoms with van der Waals surface area (Å²) >= 11 is 0. The number of furan rings is 2. The van der Waals surface area contributed by atoms with Gasteiger partial charge in [-0.25, -0.2) is 0 Å². The fourth-order valence-electron chi connectivity index (χ4n) is 3.52. The van der Waals surface area contributed by atoms with Crippen LogP contribution in [0.5, 0.6) is 0 Å². The average molecular weight is 395 g/mol. The Morgan fingerprint density at radius 3 is 2.37 bits per heavy atom. The minimum Gasteiger partial charge on any atom is -0.452 e. The molecule has 0 aliphatic heterocycles. The smallest absolute Gasteiger partial charge is 0.291 e. The van der Waals surface area contributed by atoms with Crippen molar-refractivity contribution in [2.45, 2.75) is 6.92 Å². The van der Waals surface area contributed by atoms with Crippen molar-refractivity contribution < 1.29 is 18.4 Å². The Kier molecular flexibility index (Phi) is 4.21. The second-order valence-electron chi connectivity index (χ2n) is 7.06. The maximum absolute atomic E-state index is 12.8. The number of para-hydroxylation sites is 1. The molecule has 5 heteroatoms. The van der Waals surface area contributed by atoms with Gasteiger partial charge in [-0.05, 0) is 37.3 Å². The van der Waals surface area contributed by atoms with Gasteiger partial charge in [-0.3, -0.25) is 9.59 Å². The molecule has 0 bridgehead atoms. The number of benzene rings is 3. The molecular weight excluding hydrogens is 378 g/mol. The first-order valence-electron chi connectivity index (χ1n) is 9.53. The minimum atomic E-state index is -0.340. The van der Waals surface area contributed by atoms with Crippen LogP contribution in [0.1, 0.15) is 32.2 Å². The first-order chi connectivity index (χ1) is 14.6. The van der Waals surface area contributed by atoms with E-state index in [0.29, 0.717) is 28.2 Å². The van der Waals surface area contributed by atoms with Crippen molar-refractivity contribution in [3.8, 4) is 0 Å². The number of ketones is 1. The molecule has 0 fully saturated rings. The van der Waals surface area contributed by atoms with E-state index in [4.69, 9.17) is 8.83 Å². The molecule has 0 aliphatic rings. The third kappa shape index (κ3) is 3.06. The molecule has 1 N–H and O–H groups in total. The van der Waals surface area contributed by atoms with Gasteiger partial charge in [0.05, 0.1) is 0 Å². The van der Waals surface area contributed by atoms with Gasteiger partial charge < -0.3 is 14.2 Å². The molecule has 0 spiro atoms. The monoisotopic (exact) mass is 395 g/mol. The van der Waals surface area contributed by atoms with Crippen LogP contribution >= 0.6 is 0 Å². The van der Waals surface area contributed by atoms with Gasteiger partial charge >= 0.3 is 0 Å². The second-order valence-corrected chi connectivity index (χ2v) is 7.06. The van der Waals surface area contributed by atoms with Crippen molar-refractivity contribution >= 4 is 39.3 Å². The van der Waals surface area contributed by atoms with Crippen molar-refractivity contribution in [1.29, 1.82) is 0 Å². The summed E-state index contributed by atoms with van der Waals surface area (Å²) in [5, 5.41) is 4.49. The van der Waals surface area contributed by atoms with Crippen LogP contribution in [-0.4, -0.2) is 11.7 Å². The highest BCUT2D eigenvalue weighted by atomic mass is 16.3. The van der Waals surface area contributed by atoms with E-state index < -0.39 is 0 Å². The predicted octanol–water partition coefficient (Wildman–Crippen LogP) is 5.97. The van der Waals surface area contributed by atoms with E-state index in [2.05, 4.69) is 5.32 Å². The quantitative estimate of drug-likeness (QED) is 0.381. The molecule has 1 amide bonds. The molecule has 2 aromatic heterocycles. The number of carbonyl (C=O) groups excluding carboxylic acids is 2. The molecule has 5 rings (SSSR count). The van der Waals surface area contributed by atoms with Gasteiger partial charge in [-0.1, -0.05) is 48.5 Å². The van der Waals surface area contributed by atoms with E-state index in [-0.39, 0.29) is 17.5 Å². The molecule has 0 saturated heterocycles. The Labute approximate surface area is 171 Å². The van der Waals surface area contributed by atoms with Gasteiger partial charge in [-0.15, -0.1) is 0 Å². The standard InChI is InChI=1S/C25H17NO4/c1-15-19-14-18(26-25(28)22-13-17-9-5-6-10-20(17)29-22)11-12-21(19)30-24(15)23(27)16-7-3-2-4-8-16/h2-14H,1H3,(H,26,28). The first-order valence-corrected chi connectivity index (χ1v) is 9.53. The largest absolute Gasteiger partial charge is 0.452 e. The van der Waals surface area contributed by atoms with Gasteiger partial charge in [0, 0.05) is 27.6 Å². The lowest BCUT2D eigenvalue weighted by molar-refractivity contribution is 0.0995. The summed E-state index contributed by atoms with van der Waals surface area (Å²) in [5.74, 6) is 0.0292. The molecule has 30 heavy (non-hydrogen) atoms. The van der Waals surface area contributed by atoms with Gasteiger partial charge in [0.2, 0.25) is 5.78 Å². The van der Waals surface area contributed by atoms with Crippen LogP contribution in [0.4, 0.5) is 5.69 Å². The van der Waals surface area contributed by atoms with Crippen LogP contribution in [0.2, 0.25) is 0 Å². The molecule has 0 atom stereocenters. The fraction of sp³-hybridized carbons (Fsp3) is 0.0400. The van der Waals surface area contributed by atoms with Crippen molar-refractivity contribution in [3.05, 3.63) is 102 Å². The van der Waals surface area contributed by atoms with Gasteiger partial charge in [0.1, 0.15) is 11.2 Å². The summed E-state index contributed by atoms with van der Waals surface area (Å²) in [7, 11) is 0. The van der Waals surface area contributed by atoms with E-state index in [0.717, 1.165) is 16.3 Å². The Bertz CT molecular complexity index is 1380. The average Bonchev–Trinajstić information content (AvgIpc) is 3.35. The fourth-order valence-corrected chi connectivity index (χ4v) is 3.52. The summed E-state index contributed by atoms with van der Waals surface area (Å²) in [4.78, 5) is 25.4. The van der Waals surface area contributed by atoms with E-state index in [9.17, 15) is 9.59 Å². The lowest BCUT2D eigenvalue weighted by Crippen LogP contribution is -2.10. The van der Waals surface area contributed by atoms with Crippen LogP contribution < -0.4 is 5.32 Å². The Morgan fingerprint density at radius 2 is 1.57 bits per heavy atom. The number of rotatable bonds is 4. The molecule has 0 aliphatic carbocycles. The predicted molar refractivity (Wildman–Crippen MR) is 115 cm³/mol. The lowest BCUT2D eigenvalue weighted by atomic mass is 10.0. The zero-order valence-electron chi connectivity index (χ0n) is 16.1. The molecule has 0 unspecified atom stereocenters. The summed E-state index contributed by atoms with van der Waals surface area (Å²) in [6, 6.07) is 23.5. The molecule has 2 heterocycles. The minimum absolute atomic E-state index is 0.169. The third-order valence-corrected chi connectivity index (χ3v) is 5.09. The summed E-state index contributed by atoms with van der Waals surface area (Å²) < 4.78 is 11.4. The van der Waals surface area contributed by atoms with Crippen molar-refractivity contribution in [2.75, 3.05) is 5.32 Å². The van der Waals surface area contributed by atoms with E-state index in [1.807, 2.05) is 49.4 Å². The lowest BCUT2D eigenvalue weighted by Gasteiger charge is -2.03. The van der Waals surface area contributed by atoms with Crippen LogP contribution in [-0.2, 0) is 0 Å². The van der Waals surface area contributed by atoms with E-state index >= 15 is 0 Å². The van der Waals surface area contributed by atoms with Crippen LogP contribution in [0, 0.1) is 6.92 Å². The van der Waals surface area contributed by atoms with Crippen LogP contribution in [0.25, 0.3) is 21.9 Å². The van der Waals surface area contributed by atoms with Crippen molar-refractivity contribution in [2.24, 2.45) is 0 Å². The number of amides is 1. The molecule has 0 radical (unpaired) electrons. The maximum Gasteiger partial charge on any atom is 0.291 e. The van der Waals surface area contributed by atoms with Crippen molar-refractivity contribution in [3.63, 3.8) is 0 Å². The van der Waals surface area contributed by atoms with E-state index in [1.165, 1.54) is 0 Å². The summed E-state index contributed by atoms with van der Waals surface area (Å²) in [5.41, 5.74) is 3.15. The SMILES string of the molecule is Cc1c(C(=O)c2ccccc2)oc2ccc(NC(=O)c3cc4ccccc4o3)cc12. The number of aryl methyl sites for hydroxylation is 1. The van der Waals surface area contributed by atoms with Gasteiger partial charge in [0.15, 0.2) is 11.5 Å². The highest BCUT2D eigenvalue weighted by molar-refractivity contribution is 6.11. The zero-order valence-corrected chi connectivity index (χ0v) is 16.1. The molecule has 5 nitrogen and oxygen atoms in total. The van der Waals surface area contributed by atoms with Gasteiger partial charge in [-0.2, -0.15) is 0 Å². The molecule has 146 valence electrons. The van der Waals surface area contributed by atoms with Gasteiger partial charge in [0.25, 0.3) is 5.91 Å². The Hall–Kier alpha value is -4.12. The Balaban J connectivity index is 1.45. The summed E-state index contributed by atoms with van der Waals surface area (Å²) in [6.45, 7) is 1.84. The third-order valence-electron chi connectivity index (χ3n) is 5.09. The topological polar surface area (TPSA) is 72.5 Å². The number of hydrogen-bond donors (Lipinski definition) is 1. The summed E-state index contributed by atoms with van der Waals surface area (Å²) in [6.07, 6.45) is 0. The number of nitrogens with one attached hydrogen (secondary N) is 1. The highest BCUT2D eigenvalue weighted by Crippen LogP contribution is 2.30. The number of carbonyl (C=O) groups is 2. The highest BCUT2D eigenvalue weighted by Gasteiger charge is 2.20. The Morgan fingerprint density at radius 1 is 0.800 bits per heavy atom. The number of anilines is 1. The van der Waals surface area contributed by atoms with Crippen LogP contribution in [0.3, 0.4) is 0 Å². The van der Waals surface area contributed by atoms with E-state index in [1.54, 1.807) is 36.4 Å². The number of hydrogen-bond acceptors (Lipinski definition) is 4. The molecule has 0 saturated carbocycles. The molecule has 5 aromatic rings.